The van der Waals surface area contributed by atoms with Gasteiger partial charge in [0.25, 0.3) is 0 Å². The highest BCUT2D eigenvalue weighted by atomic mass is 32.1. The second-order valence-electron chi connectivity index (χ2n) is 5.95. The Kier molecular flexibility index (Phi) is 5.36. The molecule has 1 aromatic heterocycles. The van der Waals surface area contributed by atoms with Gasteiger partial charge in [0.15, 0.2) is 0 Å². The largest absolute Gasteiger partial charge is 0.378 e. The van der Waals surface area contributed by atoms with Gasteiger partial charge in [-0.05, 0) is 60.0 Å². The molecule has 0 unspecified atom stereocenters. The molecule has 25 heavy (non-hydrogen) atoms. The molecule has 4 nitrogen and oxygen atoms in total. The molecule has 1 heterocycles. The predicted molar refractivity (Wildman–Crippen MR) is 107 cm³/mol. The van der Waals surface area contributed by atoms with Crippen LogP contribution in [0.4, 0.5) is 22.7 Å². The number of carbonyl (C=O) groups excluding carboxylic acids is 1. The average molecular weight is 351 g/mol. The molecule has 1 amide bonds. The summed E-state index contributed by atoms with van der Waals surface area (Å²) in [4.78, 5) is 15.2. The zero-order valence-corrected chi connectivity index (χ0v) is 15.1. The summed E-state index contributed by atoms with van der Waals surface area (Å²) in [5.41, 5.74) is 3.97. The molecule has 0 fully saturated rings. The van der Waals surface area contributed by atoms with E-state index in [2.05, 4.69) is 27.7 Å². The van der Waals surface area contributed by atoms with Gasteiger partial charge in [0.05, 0.1) is 6.42 Å². The third-order valence-corrected chi connectivity index (χ3v) is 4.63. The van der Waals surface area contributed by atoms with E-state index in [1.807, 2.05) is 68.0 Å². The molecular formula is C20H21N3OS. The summed E-state index contributed by atoms with van der Waals surface area (Å²) in [6.45, 7) is 0. The summed E-state index contributed by atoms with van der Waals surface area (Å²) in [5, 5.41) is 8.26. The lowest BCUT2D eigenvalue weighted by atomic mass is 10.2. The van der Waals surface area contributed by atoms with Crippen molar-refractivity contribution in [2.45, 2.75) is 6.42 Å². The first-order valence-corrected chi connectivity index (χ1v) is 8.95. The van der Waals surface area contributed by atoms with Crippen LogP contribution in [-0.2, 0) is 11.2 Å². The first kappa shape index (κ1) is 17.0. The van der Waals surface area contributed by atoms with E-state index in [0.717, 1.165) is 27.6 Å². The second-order valence-corrected chi connectivity index (χ2v) is 6.98. The van der Waals surface area contributed by atoms with Crippen molar-refractivity contribution in [3.05, 3.63) is 70.9 Å². The quantitative estimate of drug-likeness (QED) is 0.674. The maximum Gasteiger partial charge on any atom is 0.229 e. The van der Waals surface area contributed by atoms with Crippen molar-refractivity contribution in [2.24, 2.45) is 0 Å². The number of carbonyl (C=O) groups is 1. The van der Waals surface area contributed by atoms with Crippen molar-refractivity contribution < 1.29 is 4.79 Å². The molecular weight excluding hydrogens is 330 g/mol. The lowest BCUT2D eigenvalue weighted by Crippen LogP contribution is -2.13. The van der Waals surface area contributed by atoms with Crippen LogP contribution in [0.2, 0.25) is 0 Å². The number of benzene rings is 2. The van der Waals surface area contributed by atoms with E-state index in [1.165, 1.54) is 0 Å². The maximum absolute atomic E-state index is 12.0. The fourth-order valence-corrected chi connectivity index (χ4v) is 3.13. The Bertz CT molecular complexity index is 809. The maximum atomic E-state index is 12.0. The highest BCUT2D eigenvalue weighted by molar-refractivity contribution is 7.10. The van der Waals surface area contributed by atoms with E-state index in [-0.39, 0.29) is 5.91 Å². The van der Waals surface area contributed by atoms with Gasteiger partial charge in [0.1, 0.15) is 0 Å². The van der Waals surface area contributed by atoms with E-state index < -0.39 is 0 Å². The summed E-state index contributed by atoms with van der Waals surface area (Å²) < 4.78 is 0. The van der Waals surface area contributed by atoms with Crippen LogP contribution in [0.25, 0.3) is 0 Å². The molecule has 3 rings (SSSR count). The number of anilines is 4. The van der Waals surface area contributed by atoms with Gasteiger partial charge in [0, 0.05) is 41.7 Å². The summed E-state index contributed by atoms with van der Waals surface area (Å²) in [6.07, 6.45) is 0.413. The number of hydrogen-bond donors (Lipinski definition) is 2. The van der Waals surface area contributed by atoms with E-state index in [0.29, 0.717) is 6.42 Å². The lowest BCUT2D eigenvalue weighted by molar-refractivity contribution is -0.115. The first-order valence-electron chi connectivity index (χ1n) is 8.07. The van der Waals surface area contributed by atoms with E-state index in [4.69, 9.17) is 0 Å². The Labute approximate surface area is 152 Å². The molecule has 0 aliphatic carbocycles. The Morgan fingerprint density at radius 1 is 0.920 bits per heavy atom. The lowest BCUT2D eigenvalue weighted by Gasteiger charge is -2.13. The van der Waals surface area contributed by atoms with Gasteiger partial charge in [0.2, 0.25) is 5.91 Å². The Morgan fingerprint density at radius 3 is 2.08 bits per heavy atom. The number of hydrogen-bond acceptors (Lipinski definition) is 4. The van der Waals surface area contributed by atoms with Crippen LogP contribution in [0, 0.1) is 0 Å². The van der Waals surface area contributed by atoms with E-state index in [9.17, 15) is 4.79 Å². The Hall–Kier alpha value is -2.79. The summed E-state index contributed by atoms with van der Waals surface area (Å²) in [7, 11) is 4.04. The molecule has 0 saturated carbocycles. The topological polar surface area (TPSA) is 44.4 Å². The minimum atomic E-state index is 0.00225. The molecule has 3 aromatic rings. The molecule has 0 bridgehead atoms. The standard InChI is InChI=1S/C20H21N3OS/c1-23(2)18-11-9-16(10-12-18)21-15-5-7-17(8-6-15)22-20(24)14-19-4-3-13-25-19/h3-13,21H,14H2,1-2H3,(H,22,24). The number of nitrogens with zero attached hydrogens (tertiary/aromatic N) is 1. The highest BCUT2D eigenvalue weighted by Gasteiger charge is 2.05. The SMILES string of the molecule is CN(C)c1ccc(Nc2ccc(NC(=O)Cc3cccs3)cc2)cc1. The molecule has 0 atom stereocenters. The molecule has 0 radical (unpaired) electrons. The average Bonchev–Trinajstić information content (AvgIpc) is 3.10. The predicted octanol–water partition coefficient (Wildman–Crippen LogP) is 4.74. The van der Waals surface area contributed by atoms with Gasteiger partial charge < -0.3 is 15.5 Å². The van der Waals surface area contributed by atoms with Gasteiger partial charge in [-0.1, -0.05) is 6.07 Å². The molecule has 128 valence electrons. The summed E-state index contributed by atoms with van der Waals surface area (Å²) in [5.74, 6) is 0.00225. The summed E-state index contributed by atoms with van der Waals surface area (Å²) in [6, 6.07) is 19.9. The molecule has 0 saturated heterocycles. The number of rotatable bonds is 6. The zero-order chi connectivity index (χ0) is 17.6. The van der Waals surface area contributed by atoms with Crippen LogP contribution in [0.5, 0.6) is 0 Å². The second kappa shape index (κ2) is 7.85. The van der Waals surface area contributed by atoms with Gasteiger partial charge >= 0.3 is 0 Å². The molecule has 2 N–H and O–H groups in total. The molecule has 0 aliphatic rings. The third kappa shape index (κ3) is 4.84. The smallest absolute Gasteiger partial charge is 0.229 e. The van der Waals surface area contributed by atoms with Crippen molar-refractivity contribution in [3.63, 3.8) is 0 Å². The number of nitrogens with one attached hydrogen (secondary N) is 2. The van der Waals surface area contributed by atoms with Crippen molar-refractivity contribution in [1.82, 2.24) is 0 Å². The zero-order valence-electron chi connectivity index (χ0n) is 14.3. The van der Waals surface area contributed by atoms with Crippen molar-refractivity contribution in [2.75, 3.05) is 29.6 Å². The number of amides is 1. The normalized spacial score (nSPS) is 10.3. The van der Waals surface area contributed by atoms with Crippen molar-refractivity contribution >= 4 is 40.0 Å². The molecule has 0 spiro atoms. The molecule has 2 aromatic carbocycles. The highest BCUT2D eigenvalue weighted by Crippen LogP contribution is 2.21. The van der Waals surface area contributed by atoms with Gasteiger partial charge in [-0.2, -0.15) is 0 Å². The number of thiophene rings is 1. The third-order valence-electron chi connectivity index (χ3n) is 3.76. The van der Waals surface area contributed by atoms with Crippen LogP contribution in [0.1, 0.15) is 4.88 Å². The Morgan fingerprint density at radius 2 is 1.52 bits per heavy atom. The van der Waals surface area contributed by atoms with E-state index >= 15 is 0 Å². The van der Waals surface area contributed by atoms with Crippen LogP contribution < -0.4 is 15.5 Å². The molecule has 0 aliphatic heterocycles. The molecule has 5 heteroatoms. The van der Waals surface area contributed by atoms with Gasteiger partial charge in [-0.25, -0.2) is 0 Å². The van der Waals surface area contributed by atoms with Crippen LogP contribution >= 0.6 is 11.3 Å². The first-order chi connectivity index (χ1) is 12.1. The van der Waals surface area contributed by atoms with Gasteiger partial charge in [-0.15, -0.1) is 11.3 Å². The minimum Gasteiger partial charge on any atom is -0.378 e. The van der Waals surface area contributed by atoms with Crippen molar-refractivity contribution in [3.8, 4) is 0 Å². The van der Waals surface area contributed by atoms with Crippen LogP contribution in [0.3, 0.4) is 0 Å². The van der Waals surface area contributed by atoms with Crippen LogP contribution in [-0.4, -0.2) is 20.0 Å². The fourth-order valence-electron chi connectivity index (χ4n) is 2.42. The Balaban J connectivity index is 1.57. The fraction of sp³-hybridized carbons (Fsp3) is 0.150. The monoisotopic (exact) mass is 351 g/mol. The van der Waals surface area contributed by atoms with E-state index in [1.54, 1.807) is 11.3 Å². The van der Waals surface area contributed by atoms with Crippen LogP contribution in [0.15, 0.2) is 66.0 Å². The minimum absolute atomic E-state index is 0.00225. The van der Waals surface area contributed by atoms with Gasteiger partial charge in [-0.3, -0.25) is 4.79 Å². The summed E-state index contributed by atoms with van der Waals surface area (Å²) >= 11 is 1.59. The van der Waals surface area contributed by atoms with Crippen molar-refractivity contribution in [1.29, 1.82) is 0 Å².